The number of aryl methyl sites for hydroxylation is 1. The predicted octanol–water partition coefficient (Wildman–Crippen LogP) is 6.41. The molecule has 1 saturated heterocycles. The van der Waals surface area contributed by atoms with Crippen molar-refractivity contribution >= 4 is 0 Å². The van der Waals surface area contributed by atoms with Crippen LogP contribution in [0.25, 0.3) is 0 Å². The molecule has 200 valence electrons. The van der Waals surface area contributed by atoms with Gasteiger partial charge < -0.3 is 14.8 Å². The molecule has 0 radical (unpaired) electrons. The number of nitrogens with one attached hydrogen (secondary N) is 1. The van der Waals surface area contributed by atoms with E-state index in [1.54, 1.807) is 0 Å². The maximum Gasteiger partial charge on any atom is 0.120 e. The molecule has 2 aliphatic rings. The first kappa shape index (κ1) is 25.7. The lowest BCUT2D eigenvalue weighted by atomic mass is 9.69. The quantitative estimate of drug-likeness (QED) is 0.278. The second-order valence-electron chi connectivity index (χ2n) is 10.7. The molecular formula is C35H38N2O2. The fraction of sp³-hybridized carbons (Fsp3) is 0.314. The highest BCUT2D eigenvalue weighted by Crippen LogP contribution is 2.47. The maximum absolute atomic E-state index is 6.18. The Balaban J connectivity index is 1.20. The van der Waals surface area contributed by atoms with Crippen molar-refractivity contribution in [2.75, 3.05) is 39.3 Å². The Morgan fingerprint density at radius 3 is 2.21 bits per heavy atom. The molecule has 1 aliphatic heterocycles. The van der Waals surface area contributed by atoms with Crippen LogP contribution in [-0.2, 0) is 13.0 Å². The van der Waals surface area contributed by atoms with Gasteiger partial charge in [-0.05, 0) is 70.8 Å². The summed E-state index contributed by atoms with van der Waals surface area (Å²) in [5.41, 5.74) is 6.75. The zero-order valence-electron chi connectivity index (χ0n) is 22.6. The number of ether oxygens (including phenoxy) is 2. The minimum absolute atomic E-state index is 0.300. The van der Waals surface area contributed by atoms with Crippen LogP contribution in [0.4, 0.5) is 0 Å². The van der Waals surface area contributed by atoms with Gasteiger partial charge in [0, 0.05) is 38.6 Å². The van der Waals surface area contributed by atoms with Crippen molar-refractivity contribution in [2.45, 2.75) is 31.3 Å². The van der Waals surface area contributed by atoms with E-state index in [-0.39, 0.29) is 0 Å². The van der Waals surface area contributed by atoms with E-state index in [1.165, 1.54) is 27.8 Å². The topological polar surface area (TPSA) is 33.7 Å². The van der Waals surface area contributed by atoms with Crippen LogP contribution in [0.1, 0.15) is 46.1 Å². The Labute approximate surface area is 232 Å². The van der Waals surface area contributed by atoms with E-state index < -0.39 is 0 Å². The molecule has 0 saturated carbocycles. The molecule has 0 spiro atoms. The van der Waals surface area contributed by atoms with E-state index in [2.05, 4.69) is 107 Å². The summed E-state index contributed by atoms with van der Waals surface area (Å²) >= 11 is 0. The average Bonchev–Trinajstić information content (AvgIpc) is 3.01. The van der Waals surface area contributed by atoms with Gasteiger partial charge >= 0.3 is 0 Å². The van der Waals surface area contributed by atoms with Crippen LogP contribution in [0.5, 0.6) is 11.5 Å². The van der Waals surface area contributed by atoms with Gasteiger partial charge in [-0.15, -0.1) is 0 Å². The van der Waals surface area contributed by atoms with E-state index in [9.17, 15) is 0 Å². The van der Waals surface area contributed by atoms with Gasteiger partial charge in [0.25, 0.3) is 0 Å². The summed E-state index contributed by atoms with van der Waals surface area (Å²) in [5.74, 6) is 2.64. The third-order valence-corrected chi connectivity index (χ3v) is 8.18. The van der Waals surface area contributed by atoms with E-state index in [1.807, 2.05) is 6.07 Å². The standard InChI is InChI=1S/C35H38N2O2/c1-3-7-27(8-4-1)26-39-32-16-18-34-30(25-32)13-17-33(28-9-5-2-6-10-28)35(34)29-11-14-31(15-12-29)38-24-23-37-21-19-36-20-22-37/h1-12,14-16,18,25,33,35-36H,13,17,19-24,26H2/t33-,35?/m1/s1. The Bertz CT molecular complexity index is 1320. The fourth-order valence-corrected chi connectivity index (χ4v) is 6.10. The summed E-state index contributed by atoms with van der Waals surface area (Å²) in [6, 6.07) is 36.9. The average molecular weight is 519 g/mol. The molecule has 4 aromatic carbocycles. The second kappa shape index (κ2) is 12.5. The van der Waals surface area contributed by atoms with E-state index in [0.717, 1.165) is 63.7 Å². The molecule has 2 atom stereocenters. The Hall–Kier alpha value is -3.60. The van der Waals surface area contributed by atoms with Crippen LogP contribution in [0.15, 0.2) is 103 Å². The number of nitrogens with zero attached hydrogens (tertiary/aromatic N) is 1. The zero-order valence-corrected chi connectivity index (χ0v) is 22.6. The predicted molar refractivity (Wildman–Crippen MR) is 158 cm³/mol. The molecule has 39 heavy (non-hydrogen) atoms. The Morgan fingerprint density at radius 2 is 1.44 bits per heavy atom. The lowest BCUT2D eigenvalue weighted by molar-refractivity contribution is 0.191. The number of hydrogen-bond donors (Lipinski definition) is 1. The summed E-state index contributed by atoms with van der Waals surface area (Å²) in [4.78, 5) is 2.46. The summed E-state index contributed by atoms with van der Waals surface area (Å²) in [5, 5.41) is 3.41. The van der Waals surface area contributed by atoms with Crippen LogP contribution < -0.4 is 14.8 Å². The van der Waals surface area contributed by atoms with Gasteiger partial charge in [0.2, 0.25) is 0 Å². The molecule has 0 bridgehead atoms. The Morgan fingerprint density at radius 1 is 0.718 bits per heavy atom. The summed E-state index contributed by atoms with van der Waals surface area (Å²) in [6.45, 7) is 6.63. The van der Waals surface area contributed by atoms with Crippen molar-refractivity contribution in [3.63, 3.8) is 0 Å². The summed E-state index contributed by atoms with van der Waals surface area (Å²) < 4.78 is 12.3. The summed E-state index contributed by atoms with van der Waals surface area (Å²) in [6.07, 6.45) is 2.17. The molecule has 6 rings (SSSR count). The normalized spacial score (nSPS) is 19.3. The number of benzene rings is 4. The van der Waals surface area contributed by atoms with Gasteiger partial charge in [0.1, 0.15) is 24.7 Å². The molecule has 1 heterocycles. The van der Waals surface area contributed by atoms with E-state index in [0.29, 0.717) is 18.4 Å². The first-order valence-electron chi connectivity index (χ1n) is 14.3. The monoisotopic (exact) mass is 518 g/mol. The minimum Gasteiger partial charge on any atom is -0.492 e. The molecular weight excluding hydrogens is 480 g/mol. The highest BCUT2D eigenvalue weighted by molar-refractivity contribution is 5.48. The van der Waals surface area contributed by atoms with Crippen LogP contribution in [0.2, 0.25) is 0 Å². The lowest BCUT2D eigenvalue weighted by Crippen LogP contribution is -2.44. The van der Waals surface area contributed by atoms with Crippen LogP contribution in [-0.4, -0.2) is 44.2 Å². The van der Waals surface area contributed by atoms with Crippen LogP contribution >= 0.6 is 0 Å². The fourth-order valence-electron chi connectivity index (χ4n) is 6.10. The minimum atomic E-state index is 0.300. The summed E-state index contributed by atoms with van der Waals surface area (Å²) in [7, 11) is 0. The lowest BCUT2D eigenvalue weighted by Gasteiger charge is -2.35. The van der Waals surface area contributed by atoms with Crippen molar-refractivity contribution in [1.82, 2.24) is 10.2 Å². The third kappa shape index (κ3) is 6.35. The van der Waals surface area contributed by atoms with Gasteiger partial charge in [0.15, 0.2) is 0 Å². The zero-order chi connectivity index (χ0) is 26.3. The SMILES string of the molecule is c1ccc(COc2ccc3c(c2)CC[C@H](c2ccccc2)C3c2ccc(OCCN3CCNCC3)cc2)cc1. The van der Waals surface area contributed by atoms with E-state index >= 15 is 0 Å². The number of hydrogen-bond acceptors (Lipinski definition) is 4. The van der Waals surface area contributed by atoms with Gasteiger partial charge in [-0.25, -0.2) is 0 Å². The van der Waals surface area contributed by atoms with Gasteiger partial charge in [0.05, 0.1) is 0 Å². The first-order chi connectivity index (χ1) is 19.3. The Kier molecular flexibility index (Phi) is 8.23. The van der Waals surface area contributed by atoms with Crippen molar-refractivity contribution in [3.8, 4) is 11.5 Å². The number of piperazine rings is 1. The molecule has 4 aromatic rings. The second-order valence-corrected chi connectivity index (χ2v) is 10.7. The molecule has 1 unspecified atom stereocenters. The maximum atomic E-state index is 6.18. The van der Waals surface area contributed by atoms with Gasteiger partial charge in [-0.3, -0.25) is 4.90 Å². The molecule has 4 heteroatoms. The smallest absolute Gasteiger partial charge is 0.120 e. The van der Waals surface area contributed by atoms with Crippen LogP contribution in [0, 0.1) is 0 Å². The molecule has 4 nitrogen and oxygen atoms in total. The highest BCUT2D eigenvalue weighted by atomic mass is 16.5. The van der Waals surface area contributed by atoms with Crippen molar-refractivity contribution < 1.29 is 9.47 Å². The van der Waals surface area contributed by atoms with E-state index in [4.69, 9.17) is 9.47 Å². The van der Waals surface area contributed by atoms with Crippen molar-refractivity contribution in [2.24, 2.45) is 0 Å². The van der Waals surface area contributed by atoms with Gasteiger partial charge in [-0.1, -0.05) is 78.9 Å². The molecule has 1 fully saturated rings. The van der Waals surface area contributed by atoms with Gasteiger partial charge in [-0.2, -0.15) is 0 Å². The van der Waals surface area contributed by atoms with Crippen molar-refractivity contribution in [1.29, 1.82) is 0 Å². The first-order valence-corrected chi connectivity index (χ1v) is 14.3. The number of fused-ring (bicyclic) bond motifs is 1. The highest BCUT2D eigenvalue weighted by Gasteiger charge is 2.32. The molecule has 1 N–H and O–H groups in total. The molecule has 0 aromatic heterocycles. The molecule has 0 amide bonds. The third-order valence-electron chi connectivity index (χ3n) is 8.18. The largest absolute Gasteiger partial charge is 0.492 e. The molecule has 1 aliphatic carbocycles. The van der Waals surface area contributed by atoms with Crippen molar-refractivity contribution in [3.05, 3.63) is 131 Å². The number of rotatable bonds is 9. The van der Waals surface area contributed by atoms with Crippen LogP contribution in [0.3, 0.4) is 0 Å².